The summed E-state index contributed by atoms with van der Waals surface area (Å²) >= 11 is 4.80. The van der Waals surface area contributed by atoms with Crippen LogP contribution in [0.1, 0.15) is 46.5 Å². The highest BCUT2D eigenvalue weighted by atomic mass is 35.5. The predicted octanol–water partition coefficient (Wildman–Crippen LogP) is 4.25. The Bertz CT molecular complexity index is 1380. The Morgan fingerprint density at radius 1 is 1.23 bits per heavy atom. The van der Waals surface area contributed by atoms with Crippen molar-refractivity contribution in [3.05, 3.63) is 65.4 Å². The molecule has 1 unspecified atom stereocenters. The fraction of sp³-hybridized carbons (Fsp3) is 0.370. The van der Waals surface area contributed by atoms with Crippen LogP contribution in [-0.4, -0.2) is 74.8 Å². The van der Waals surface area contributed by atoms with Gasteiger partial charge < -0.3 is 20.1 Å². The third kappa shape index (κ3) is 5.61. The number of hydrogen-bond acceptors (Lipinski definition) is 6. The molecular weight excluding hydrogens is 532 g/mol. The van der Waals surface area contributed by atoms with E-state index in [1.807, 2.05) is 13.8 Å². The first-order valence-corrected chi connectivity index (χ1v) is 12.9. The zero-order chi connectivity index (χ0) is 27.9. The fourth-order valence-corrected chi connectivity index (χ4v) is 5.42. The Morgan fingerprint density at radius 2 is 1.95 bits per heavy atom. The topological polar surface area (TPSA) is 111 Å². The summed E-state index contributed by atoms with van der Waals surface area (Å²) in [5.41, 5.74) is -1.36. The number of rotatable bonds is 8. The minimum absolute atomic E-state index is 0.163. The lowest BCUT2D eigenvalue weighted by atomic mass is 9.86. The number of aromatic amines is 1. The molecule has 0 spiro atoms. The molecule has 0 radical (unpaired) electrons. The number of likely N-dealkylation sites (tertiary alicyclic amines) is 1. The van der Waals surface area contributed by atoms with Crippen molar-refractivity contribution in [3.63, 3.8) is 0 Å². The lowest BCUT2D eigenvalue weighted by molar-refractivity contribution is -0.0964. The van der Waals surface area contributed by atoms with E-state index in [2.05, 4.69) is 25.2 Å². The van der Waals surface area contributed by atoms with Crippen LogP contribution in [-0.2, 0) is 5.54 Å². The molecule has 9 nitrogen and oxygen atoms in total. The van der Waals surface area contributed by atoms with Gasteiger partial charge in [0, 0.05) is 66.4 Å². The second-order valence-electron chi connectivity index (χ2n) is 10.2. The summed E-state index contributed by atoms with van der Waals surface area (Å²) in [7, 11) is 0. The number of anilines is 1. The Balaban J connectivity index is 1.43. The summed E-state index contributed by atoms with van der Waals surface area (Å²) in [5, 5.41) is 19.6. The molecule has 1 saturated heterocycles. The van der Waals surface area contributed by atoms with Crippen LogP contribution in [0.5, 0.6) is 5.75 Å². The number of ether oxygens (including phenoxy) is 1. The van der Waals surface area contributed by atoms with Gasteiger partial charge in [-0.25, -0.2) is 0 Å². The molecule has 5 rings (SSSR count). The molecule has 2 aliphatic rings. The highest BCUT2D eigenvalue weighted by Crippen LogP contribution is 2.44. The Labute approximate surface area is 228 Å². The average Bonchev–Trinajstić information content (AvgIpc) is 3.58. The van der Waals surface area contributed by atoms with Gasteiger partial charge in [0.25, 0.3) is 11.8 Å². The molecule has 1 fully saturated rings. The van der Waals surface area contributed by atoms with Crippen LogP contribution in [0.25, 0.3) is 11.3 Å². The zero-order valence-electron chi connectivity index (χ0n) is 21.4. The van der Waals surface area contributed by atoms with Crippen molar-refractivity contribution < 1.29 is 28.2 Å². The number of halogens is 3. The monoisotopic (exact) mass is 559 g/mol. The van der Waals surface area contributed by atoms with Gasteiger partial charge >= 0.3 is 5.57 Å². The summed E-state index contributed by atoms with van der Waals surface area (Å²) in [4.78, 5) is 30.9. The number of benzene rings is 2. The molecule has 1 aromatic heterocycles. The van der Waals surface area contributed by atoms with Crippen LogP contribution in [0, 0.1) is 0 Å². The summed E-state index contributed by atoms with van der Waals surface area (Å²) < 4.78 is 30.1. The zero-order valence-corrected chi connectivity index (χ0v) is 22.1. The van der Waals surface area contributed by atoms with Crippen molar-refractivity contribution in [3.8, 4) is 17.0 Å². The van der Waals surface area contributed by atoms with Crippen molar-refractivity contribution in [1.29, 1.82) is 0 Å². The summed E-state index contributed by atoms with van der Waals surface area (Å²) in [6.45, 7) is 6.41. The van der Waals surface area contributed by atoms with Crippen molar-refractivity contribution in [2.45, 2.75) is 37.5 Å². The SMILES string of the molecule is CC1(C)c2c(cc(C(=O)Nc3ccc(OC(F)(F)Cl)cc3)cc2-c2ccn[nH]2)C(=O)N1CCN1CCC(O)C1. The van der Waals surface area contributed by atoms with Gasteiger partial charge in [-0.15, -0.1) is 8.78 Å². The van der Waals surface area contributed by atoms with E-state index in [-0.39, 0.29) is 23.3 Å². The molecule has 2 amide bonds. The summed E-state index contributed by atoms with van der Waals surface area (Å²) in [5.74, 6) is -0.831. The van der Waals surface area contributed by atoms with Gasteiger partial charge in [0.05, 0.1) is 17.3 Å². The van der Waals surface area contributed by atoms with Crippen LogP contribution < -0.4 is 10.1 Å². The molecule has 3 aromatic rings. The molecule has 0 bridgehead atoms. The maximum atomic E-state index is 13.7. The van der Waals surface area contributed by atoms with Gasteiger partial charge in [0.15, 0.2) is 0 Å². The highest BCUT2D eigenvalue weighted by Gasteiger charge is 2.45. The quantitative estimate of drug-likeness (QED) is 0.356. The van der Waals surface area contributed by atoms with Gasteiger partial charge in [0.2, 0.25) is 0 Å². The predicted molar refractivity (Wildman–Crippen MR) is 141 cm³/mol. The van der Waals surface area contributed by atoms with Gasteiger partial charge in [-0.1, -0.05) is 0 Å². The second kappa shape index (κ2) is 10.2. The molecule has 0 aliphatic carbocycles. The molecule has 1 atom stereocenters. The lowest BCUT2D eigenvalue weighted by Gasteiger charge is -2.34. The van der Waals surface area contributed by atoms with E-state index in [0.717, 1.165) is 18.5 Å². The number of β-amino-alcohol motifs (C(OH)–C–C–N with tert-alkyl or cyclic N) is 1. The number of aromatic nitrogens is 2. The average molecular weight is 560 g/mol. The van der Waals surface area contributed by atoms with Crippen molar-refractivity contribution in [2.75, 3.05) is 31.5 Å². The maximum Gasteiger partial charge on any atom is 0.487 e. The van der Waals surface area contributed by atoms with E-state index in [1.54, 1.807) is 29.3 Å². The van der Waals surface area contributed by atoms with E-state index >= 15 is 0 Å². The van der Waals surface area contributed by atoms with Gasteiger partial charge in [-0.2, -0.15) is 5.10 Å². The number of hydrogen-bond donors (Lipinski definition) is 3. The Kier molecular flexibility index (Phi) is 7.08. The second-order valence-corrected chi connectivity index (χ2v) is 10.6. The molecule has 12 heteroatoms. The summed E-state index contributed by atoms with van der Waals surface area (Å²) in [6.07, 6.45) is 1.97. The number of amides is 2. The number of aliphatic hydroxyl groups is 1. The standard InChI is InChI=1S/C27H28ClF2N5O4/c1-26(2)23-20(22-7-9-31-33-22)13-16(24(37)32-17-3-5-19(6-4-17)39-27(28,29)30)14-21(23)25(38)35(26)12-11-34-10-8-18(36)15-34/h3-7,9,13-14,18,36H,8,10-12,15H2,1-2H3,(H,31,33)(H,32,37). The molecule has 0 saturated carbocycles. The van der Waals surface area contributed by atoms with E-state index in [9.17, 15) is 23.5 Å². The van der Waals surface area contributed by atoms with Crippen LogP contribution in [0.2, 0.25) is 0 Å². The smallest absolute Gasteiger partial charge is 0.420 e. The van der Waals surface area contributed by atoms with Crippen molar-refractivity contribution >= 4 is 29.1 Å². The molecule has 3 N–H and O–H groups in total. The Hall–Kier alpha value is -3.54. The third-order valence-corrected chi connectivity index (χ3v) is 7.26. The van der Waals surface area contributed by atoms with Crippen LogP contribution in [0.4, 0.5) is 14.5 Å². The van der Waals surface area contributed by atoms with Crippen LogP contribution in [0.15, 0.2) is 48.7 Å². The van der Waals surface area contributed by atoms with Gasteiger partial charge in [0.1, 0.15) is 5.75 Å². The molecule has 39 heavy (non-hydrogen) atoms. The summed E-state index contributed by atoms with van der Waals surface area (Å²) in [6, 6.07) is 10.4. The Morgan fingerprint density at radius 3 is 2.56 bits per heavy atom. The minimum atomic E-state index is -3.85. The van der Waals surface area contributed by atoms with Gasteiger partial charge in [-0.05, 0) is 68.3 Å². The maximum absolute atomic E-state index is 13.7. The number of carbonyl (C=O) groups is 2. The number of carbonyl (C=O) groups excluding carboxylic acids is 2. The number of alkyl halides is 3. The van der Waals surface area contributed by atoms with E-state index in [1.165, 1.54) is 24.3 Å². The van der Waals surface area contributed by atoms with E-state index < -0.39 is 17.0 Å². The number of nitrogens with zero attached hydrogens (tertiary/aromatic N) is 3. The van der Waals surface area contributed by atoms with E-state index in [4.69, 9.17) is 11.6 Å². The fourth-order valence-electron chi connectivity index (χ4n) is 5.33. The minimum Gasteiger partial charge on any atom is -0.420 e. The highest BCUT2D eigenvalue weighted by molar-refractivity contribution is 6.20. The first-order chi connectivity index (χ1) is 18.4. The van der Waals surface area contributed by atoms with E-state index in [0.29, 0.717) is 42.1 Å². The molecular formula is C27H28ClF2N5O4. The molecule has 206 valence electrons. The third-order valence-electron chi connectivity index (χ3n) is 7.19. The number of H-pyrrole nitrogens is 1. The van der Waals surface area contributed by atoms with Crippen molar-refractivity contribution in [1.82, 2.24) is 20.0 Å². The molecule has 2 aliphatic heterocycles. The number of nitrogens with one attached hydrogen (secondary N) is 2. The number of aliphatic hydroxyl groups excluding tert-OH is 1. The first-order valence-electron chi connectivity index (χ1n) is 12.5. The first kappa shape index (κ1) is 27.0. The largest absolute Gasteiger partial charge is 0.487 e. The normalized spacial score (nSPS) is 18.9. The molecule has 3 heterocycles. The van der Waals surface area contributed by atoms with Crippen LogP contribution in [0.3, 0.4) is 0 Å². The number of fused-ring (bicyclic) bond motifs is 1. The van der Waals surface area contributed by atoms with Crippen molar-refractivity contribution in [2.24, 2.45) is 0 Å². The lowest BCUT2D eigenvalue weighted by Crippen LogP contribution is -2.43. The van der Waals surface area contributed by atoms with Crippen LogP contribution >= 0.6 is 11.6 Å². The van der Waals surface area contributed by atoms with Gasteiger partial charge in [-0.3, -0.25) is 19.6 Å². The molecule has 2 aromatic carbocycles.